The van der Waals surface area contributed by atoms with Crippen LogP contribution in [0.2, 0.25) is 0 Å². The highest BCUT2D eigenvalue weighted by molar-refractivity contribution is 8.76. The summed E-state index contributed by atoms with van der Waals surface area (Å²) < 4.78 is 5.33. The van der Waals surface area contributed by atoms with Crippen LogP contribution >= 0.6 is 21.6 Å². The summed E-state index contributed by atoms with van der Waals surface area (Å²) >= 11 is 0. The van der Waals surface area contributed by atoms with Gasteiger partial charge in [0.25, 0.3) is 0 Å². The van der Waals surface area contributed by atoms with Gasteiger partial charge in [-0.15, -0.1) is 0 Å². The van der Waals surface area contributed by atoms with Crippen LogP contribution in [0.5, 0.6) is 0 Å². The second-order valence-electron chi connectivity index (χ2n) is 8.93. The molecule has 0 saturated heterocycles. The molecule has 2 aromatic carbocycles. The molecular formula is C28H39N5O6S2. The molecule has 0 saturated carbocycles. The summed E-state index contributed by atoms with van der Waals surface area (Å²) in [5.41, 5.74) is 17.3. The maximum atomic E-state index is 12.0. The van der Waals surface area contributed by atoms with Crippen LogP contribution in [0.4, 0.5) is 4.79 Å². The van der Waals surface area contributed by atoms with Crippen molar-refractivity contribution in [3.63, 3.8) is 0 Å². The van der Waals surface area contributed by atoms with Crippen LogP contribution < -0.4 is 27.6 Å². The van der Waals surface area contributed by atoms with Gasteiger partial charge in [0.15, 0.2) is 6.61 Å². The summed E-state index contributed by atoms with van der Waals surface area (Å²) in [6.45, 7) is 2.01. The van der Waals surface area contributed by atoms with Gasteiger partial charge in [0.2, 0.25) is 17.7 Å². The van der Waals surface area contributed by atoms with E-state index in [1.54, 1.807) is 0 Å². The molecular weight excluding hydrogens is 566 g/mol. The number of hydrogen-bond acceptors (Lipinski definition) is 9. The normalized spacial score (nSPS) is 12.2. The van der Waals surface area contributed by atoms with Crippen molar-refractivity contribution >= 4 is 45.4 Å². The van der Waals surface area contributed by atoms with Crippen LogP contribution in [0.1, 0.15) is 43.2 Å². The van der Waals surface area contributed by atoms with Crippen molar-refractivity contribution in [3.05, 3.63) is 59.7 Å². The summed E-state index contributed by atoms with van der Waals surface area (Å²) in [4.78, 5) is 51.1. The highest BCUT2D eigenvalue weighted by atomic mass is 33.1. The summed E-state index contributed by atoms with van der Waals surface area (Å²) in [5.74, 6) is -0.369. The molecule has 0 bridgehead atoms. The number of benzene rings is 2. The van der Waals surface area contributed by atoms with E-state index in [1.807, 2.05) is 70.1 Å². The quantitative estimate of drug-likeness (QED) is 0.116. The number of ether oxygens (including phenoxy) is 1. The first-order chi connectivity index (χ1) is 19.8. The van der Waals surface area contributed by atoms with Crippen molar-refractivity contribution < 1.29 is 28.8 Å². The number of amides is 4. The Morgan fingerprint density at radius 2 is 1.61 bits per heavy atom. The zero-order valence-corrected chi connectivity index (χ0v) is 25.0. The van der Waals surface area contributed by atoms with Gasteiger partial charge in [-0.25, -0.2) is 4.79 Å². The molecule has 0 heterocycles. The second-order valence-corrected chi connectivity index (χ2v) is 11.8. The number of hydroxylamine groups is 1. The molecule has 0 radical (unpaired) electrons. The number of unbranched alkanes of at least 4 members (excludes halogenated alkanes) is 1. The highest BCUT2D eigenvalue weighted by Crippen LogP contribution is 2.44. The zero-order chi connectivity index (χ0) is 30.0. The molecule has 0 fully saturated rings. The SMILES string of the molecule is CCSSC.NC(=O)CNC(=O)C(N)CCCCNC(=O)CONC(=O)OCC1c2ccccc2-c2ccccc21. The predicted octanol–water partition coefficient (Wildman–Crippen LogP) is 2.69. The molecule has 3 rings (SSSR count). The maximum Gasteiger partial charge on any atom is 0.431 e. The molecule has 1 aliphatic rings. The fourth-order valence-corrected chi connectivity index (χ4v) is 5.05. The Bertz CT molecular complexity index is 1100. The molecule has 13 heteroatoms. The molecule has 0 aromatic heterocycles. The van der Waals surface area contributed by atoms with E-state index in [-0.39, 0.29) is 25.7 Å². The van der Waals surface area contributed by atoms with Gasteiger partial charge in [0.05, 0.1) is 12.6 Å². The molecule has 1 aliphatic carbocycles. The third-order valence-electron chi connectivity index (χ3n) is 5.98. The third kappa shape index (κ3) is 12.0. The van der Waals surface area contributed by atoms with Crippen LogP contribution in [0, 0.1) is 0 Å². The van der Waals surface area contributed by atoms with Crippen molar-refractivity contribution in [3.8, 4) is 11.1 Å². The average molecular weight is 606 g/mol. The van der Waals surface area contributed by atoms with Gasteiger partial charge in [0, 0.05) is 18.2 Å². The summed E-state index contributed by atoms with van der Waals surface area (Å²) in [5, 5.41) is 4.98. The van der Waals surface area contributed by atoms with Crippen LogP contribution in [0.3, 0.4) is 0 Å². The Balaban J connectivity index is 0.00000108. The average Bonchev–Trinajstić information content (AvgIpc) is 3.28. The Morgan fingerprint density at radius 3 is 2.17 bits per heavy atom. The van der Waals surface area contributed by atoms with Gasteiger partial charge >= 0.3 is 6.09 Å². The number of carbonyl (C=O) groups is 4. The summed E-state index contributed by atoms with van der Waals surface area (Å²) in [7, 11) is 3.70. The molecule has 224 valence electrons. The number of primary amides is 1. The van der Waals surface area contributed by atoms with E-state index in [0.717, 1.165) is 22.3 Å². The summed E-state index contributed by atoms with van der Waals surface area (Å²) in [6.07, 6.45) is 2.87. The molecule has 2 aromatic rings. The second kappa shape index (κ2) is 19.0. The lowest BCUT2D eigenvalue weighted by molar-refractivity contribution is -0.128. The molecule has 0 spiro atoms. The van der Waals surface area contributed by atoms with Gasteiger partial charge < -0.3 is 26.8 Å². The van der Waals surface area contributed by atoms with E-state index >= 15 is 0 Å². The van der Waals surface area contributed by atoms with E-state index < -0.39 is 29.9 Å². The van der Waals surface area contributed by atoms with Gasteiger partial charge in [-0.3, -0.25) is 19.2 Å². The molecule has 4 amide bonds. The number of fused-ring (bicyclic) bond motifs is 3. The molecule has 1 unspecified atom stereocenters. The number of rotatable bonds is 15. The molecule has 41 heavy (non-hydrogen) atoms. The highest BCUT2D eigenvalue weighted by Gasteiger charge is 2.29. The number of nitrogens with one attached hydrogen (secondary N) is 3. The fraction of sp³-hybridized carbons (Fsp3) is 0.429. The van der Waals surface area contributed by atoms with E-state index in [0.29, 0.717) is 25.8 Å². The number of nitrogens with two attached hydrogens (primary N) is 2. The first kappa shape index (κ1) is 33.9. The molecule has 11 nitrogen and oxygen atoms in total. The zero-order valence-electron chi connectivity index (χ0n) is 23.4. The third-order valence-corrected chi connectivity index (χ3v) is 7.86. The number of carbonyl (C=O) groups excluding carboxylic acids is 4. The van der Waals surface area contributed by atoms with Gasteiger partial charge in [-0.2, -0.15) is 5.48 Å². The minimum atomic E-state index is -0.784. The topological polar surface area (TPSA) is 175 Å². The van der Waals surface area contributed by atoms with E-state index in [4.69, 9.17) is 21.0 Å². The lowest BCUT2D eigenvalue weighted by Gasteiger charge is -2.14. The largest absolute Gasteiger partial charge is 0.447 e. The molecule has 0 aliphatic heterocycles. The van der Waals surface area contributed by atoms with Crippen LogP contribution in [0.25, 0.3) is 11.1 Å². The van der Waals surface area contributed by atoms with Crippen molar-refractivity contribution in [1.29, 1.82) is 0 Å². The lowest BCUT2D eigenvalue weighted by atomic mass is 9.98. The van der Waals surface area contributed by atoms with Crippen molar-refractivity contribution in [2.75, 3.05) is 38.3 Å². The Hall–Kier alpha value is -3.26. The smallest absolute Gasteiger partial charge is 0.431 e. The van der Waals surface area contributed by atoms with E-state index in [9.17, 15) is 19.2 Å². The fourth-order valence-electron chi connectivity index (χ4n) is 4.11. The lowest BCUT2D eigenvalue weighted by Crippen LogP contribution is -2.43. The van der Waals surface area contributed by atoms with Gasteiger partial charge in [-0.05, 0) is 47.8 Å². The van der Waals surface area contributed by atoms with E-state index in [1.165, 1.54) is 5.75 Å². The van der Waals surface area contributed by atoms with Crippen LogP contribution in [0.15, 0.2) is 48.5 Å². The first-order valence-corrected chi connectivity index (χ1v) is 16.0. The standard InChI is InChI=1S/C25H31N5O6.C3H8S2/c26-21(24(33)29-13-22(27)31)11-5-6-12-28-23(32)15-36-30-25(34)35-14-20-18-9-3-1-7-16(18)17-8-2-4-10-19(17)20;1-3-5-4-2/h1-4,7-10,20-21H,5-6,11-15,26H2,(H2,27,31)(H,28,32)(H,29,33)(H,30,34);3H2,1-2H3. The minimum absolute atomic E-state index is 0.0752. The molecule has 1 atom stereocenters. The van der Waals surface area contributed by atoms with Crippen molar-refractivity contribution in [2.24, 2.45) is 11.5 Å². The number of hydrogen-bond donors (Lipinski definition) is 5. The first-order valence-electron chi connectivity index (χ1n) is 13.2. The Labute approximate surface area is 248 Å². The summed E-state index contributed by atoms with van der Waals surface area (Å²) in [6, 6.07) is 15.3. The van der Waals surface area contributed by atoms with Crippen LogP contribution in [-0.2, 0) is 24.0 Å². The van der Waals surface area contributed by atoms with Crippen LogP contribution in [-0.4, -0.2) is 68.2 Å². The van der Waals surface area contributed by atoms with Crippen molar-refractivity contribution in [2.45, 2.75) is 38.1 Å². The van der Waals surface area contributed by atoms with Gasteiger partial charge in [0.1, 0.15) is 6.61 Å². The molecule has 7 N–H and O–H groups in total. The Morgan fingerprint density at radius 1 is 0.976 bits per heavy atom. The van der Waals surface area contributed by atoms with E-state index in [2.05, 4.69) is 29.3 Å². The van der Waals surface area contributed by atoms with Gasteiger partial charge in [-0.1, -0.05) is 77.0 Å². The Kier molecular flexibility index (Phi) is 15.7. The predicted molar refractivity (Wildman–Crippen MR) is 163 cm³/mol. The maximum absolute atomic E-state index is 12.0. The monoisotopic (exact) mass is 605 g/mol. The van der Waals surface area contributed by atoms with Crippen molar-refractivity contribution in [1.82, 2.24) is 16.1 Å². The minimum Gasteiger partial charge on any atom is -0.447 e.